The molecule has 9 nitrogen and oxygen atoms in total. The highest BCUT2D eigenvalue weighted by molar-refractivity contribution is 5.82. The predicted octanol–water partition coefficient (Wildman–Crippen LogP) is 0.575. The summed E-state index contributed by atoms with van der Waals surface area (Å²) in [5, 5.41) is 9.53. The molecule has 8 N–H and O–H groups in total. The molecule has 0 aromatic heterocycles. The van der Waals surface area contributed by atoms with Crippen LogP contribution in [-0.4, -0.2) is 52.6 Å². The number of nitriles is 1. The van der Waals surface area contributed by atoms with Crippen molar-refractivity contribution in [2.75, 3.05) is 52.6 Å². The summed E-state index contributed by atoms with van der Waals surface area (Å²) in [4.78, 5) is 0. The normalized spacial score (nSPS) is 10.4. The molecule has 9 heteroatoms. The summed E-state index contributed by atoms with van der Waals surface area (Å²) in [5.74, 6) is 1.74. The van der Waals surface area contributed by atoms with Gasteiger partial charge in [-0.15, -0.1) is 0 Å². The first-order valence-corrected chi connectivity index (χ1v) is 9.73. The zero-order valence-electron chi connectivity index (χ0n) is 16.9. The highest BCUT2D eigenvalue weighted by Crippen LogP contribution is 2.46. The van der Waals surface area contributed by atoms with Crippen molar-refractivity contribution in [2.45, 2.75) is 0 Å². The van der Waals surface area contributed by atoms with E-state index < -0.39 is 0 Å². The molecular formula is C21H29N5O4. The lowest BCUT2D eigenvalue weighted by molar-refractivity contribution is 0.275. The van der Waals surface area contributed by atoms with Gasteiger partial charge in [-0.1, -0.05) is 12.1 Å². The summed E-state index contributed by atoms with van der Waals surface area (Å²) in [5.41, 5.74) is 24.1. The first kappa shape index (κ1) is 23.3. The van der Waals surface area contributed by atoms with Crippen LogP contribution in [0.25, 0.3) is 11.1 Å². The Kier molecular flexibility index (Phi) is 9.70. The number of hydrogen-bond acceptors (Lipinski definition) is 9. The minimum atomic E-state index is 0.229. The Morgan fingerprint density at radius 1 is 0.633 bits per heavy atom. The second-order valence-corrected chi connectivity index (χ2v) is 6.11. The molecule has 2 rings (SSSR count). The molecule has 0 saturated heterocycles. The van der Waals surface area contributed by atoms with E-state index >= 15 is 0 Å². The van der Waals surface area contributed by atoms with Gasteiger partial charge < -0.3 is 41.9 Å². The van der Waals surface area contributed by atoms with Crippen LogP contribution in [0.3, 0.4) is 0 Å². The quantitative estimate of drug-likeness (QED) is 0.366. The van der Waals surface area contributed by atoms with E-state index in [1.165, 1.54) is 0 Å². The molecule has 30 heavy (non-hydrogen) atoms. The van der Waals surface area contributed by atoms with E-state index in [0.29, 0.717) is 79.1 Å². The molecule has 0 fully saturated rings. The van der Waals surface area contributed by atoms with E-state index in [1.807, 2.05) is 12.1 Å². The zero-order chi connectivity index (χ0) is 21.8. The molecule has 0 amide bonds. The highest BCUT2D eigenvalue weighted by Gasteiger charge is 2.22. The van der Waals surface area contributed by atoms with Gasteiger partial charge in [0.15, 0.2) is 23.0 Å². The second-order valence-electron chi connectivity index (χ2n) is 6.11. The molecule has 0 heterocycles. The van der Waals surface area contributed by atoms with Gasteiger partial charge in [0, 0.05) is 37.3 Å². The maximum Gasteiger partial charge on any atom is 0.179 e. The third kappa shape index (κ3) is 5.75. The van der Waals surface area contributed by atoms with Crippen molar-refractivity contribution in [3.63, 3.8) is 0 Å². The maximum absolute atomic E-state index is 9.53. The fourth-order valence-electron chi connectivity index (χ4n) is 2.79. The Balaban J connectivity index is 2.67. The van der Waals surface area contributed by atoms with Crippen LogP contribution in [0.4, 0.5) is 0 Å². The third-order valence-electron chi connectivity index (χ3n) is 3.97. The van der Waals surface area contributed by atoms with Crippen molar-refractivity contribution in [1.82, 2.24) is 0 Å². The molecule has 0 aliphatic heterocycles. The molecule has 0 radical (unpaired) electrons. The number of nitrogens with two attached hydrogens (primary N) is 4. The van der Waals surface area contributed by atoms with Gasteiger partial charge in [0.05, 0.1) is 5.56 Å². The van der Waals surface area contributed by atoms with Gasteiger partial charge >= 0.3 is 0 Å². The van der Waals surface area contributed by atoms with Crippen LogP contribution in [-0.2, 0) is 0 Å². The van der Waals surface area contributed by atoms with Crippen molar-refractivity contribution < 1.29 is 18.9 Å². The minimum Gasteiger partial charge on any atom is -0.488 e. The predicted molar refractivity (Wildman–Crippen MR) is 115 cm³/mol. The summed E-state index contributed by atoms with van der Waals surface area (Å²) >= 11 is 0. The van der Waals surface area contributed by atoms with Crippen LogP contribution >= 0.6 is 0 Å². The Morgan fingerprint density at radius 3 is 1.77 bits per heavy atom. The average Bonchev–Trinajstić information content (AvgIpc) is 2.78. The van der Waals surface area contributed by atoms with Crippen molar-refractivity contribution >= 4 is 0 Å². The van der Waals surface area contributed by atoms with Crippen molar-refractivity contribution in [1.29, 1.82) is 5.26 Å². The van der Waals surface area contributed by atoms with Gasteiger partial charge in [0.2, 0.25) is 0 Å². The summed E-state index contributed by atoms with van der Waals surface area (Å²) < 4.78 is 23.3. The highest BCUT2D eigenvalue weighted by atomic mass is 16.5. The van der Waals surface area contributed by atoms with E-state index in [0.717, 1.165) is 0 Å². The first-order valence-electron chi connectivity index (χ1n) is 9.73. The Bertz CT molecular complexity index is 854. The molecule has 0 spiro atoms. The summed E-state index contributed by atoms with van der Waals surface area (Å²) in [6.07, 6.45) is 0. The molecule has 0 saturated carbocycles. The molecule has 0 aliphatic rings. The van der Waals surface area contributed by atoms with Crippen molar-refractivity contribution in [2.24, 2.45) is 22.9 Å². The lowest BCUT2D eigenvalue weighted by Gasteiger charge is -2.20. The smallest absolute Gasteiger partial charge is 0.179 e. The number of nitrogens with zero attached hydrogens (tertiary/aromatic N) is 1. The first-order chi connectivity index (χ1) is 14.7. The standard InChI is InChI=1S/C21H29N5O4/c22-6-10-27-18-3-1-2-16(20(18)29-12-8-24)17-5-4-15(14-26)19(28-11-7-23)21(17)30-13-9-25/h1-5H,6-13,22-25H2. The topological polar surface area (TPSA) is 165 Å². The lowest BCUT2D eigenvalue weighted by Crippen LogP contribution is -2.15. The van der Waals surface area contributed by atoms with E-state index in [9.17, 15) is 5.26 Å². The molecule has 0 aliphatic carbocycles. The van der Waals surface area contributed by atoms with Crippen LogP contribution < -0.4 is 41.9 Å². The van der Waals surface area contributed by atoms with E-state index in [-0.39, 0.29) is 13.2 Å². The number of rotatable bonds is 13. The minimum absolute atomic E-state index is 0.229. The SMILES string of the molecule is N#Cc1ccc(-c2cccc(OCCN)c2OCCN)c(OCCN)c1OCCN. The zero-order valence-corrected chi connectivity index (χ0v) is 16.9. The number of para-hydroxylation sites is 1. The molecule has 162 valence electrons. The summed E-state index contributed by atoms with van der Waals surface area (Å²) in [6.45, 7) is 2.37. The van der Waals surface area contributed by atoms with Gasteiger partial charge in [-0.3, -0.25) is 0 Å². The summed E-state index contributed by atoms with van der Waals surface area (Å²) in [6, 6.07) is 11.1. The van der Waals surface area contributed by atoms with Gasteiger partial charge in [0.25, 0.3) is 0 Å². The Hall–Kier alpha value is -3.03. The van der Waals surface area contributed by atoms with Gasteiger partial charge in [-0.2, -0.15) is 5.26 Å². The monoisotopic (exact) mass is 415 g/mol. The van der Waals surface area contributed by atoms with Crippen LogP contribution in [0.5, 0.6) is 23.0 Å². The number of benzene rings is 2. The van der Waals surface area contributed by atoms with Crippen LogP contribution in [0.2, 0.25) is 0 Å². The Morgan fingerprint density at radius 2 is 1.17 bits per heavy atom. The van der Waals surface area contributed by atoms with E-state index in [1.54, 1.807) is 18.2 Å². The largest absolute Gasteiger partial charge is 0.488 e. The van der Waals surface area contributed by atoms with Crippen LogP contribution in [0.15, 0.2) is 30.3 Å². The molecular weight excluding hydrogens is 386 g/mol. The fraction of sp³-hybridized carbons (Fsp3) is 0.381. The van der Waals surface area contributed by atoms with Gasteiger partial charge in [-0.05, 0) is 18.2 Å². The van der Waals surface area contributed by atoms with Gasteiger partial charge in [-0.25, -0.2) is 0 Å². The lowest BCUT2D eigenvalue weighted by atomic mass is 10.00. The van der Waals surface area contributed by atoms with E-state index in [2.05, 4.69) is 6.07 Å². The van der Waals surface area contributed by atoms with Crippen molar-refractivity contribution in [3.05, 3.63) is 35.9 Å². The fourth-order valence-corrected chi connectivity index (χ4v) is 2.79. The molecule has 2 aromatic carbocycles. The van der Waals surface area contributed by atoms with Crippen LogP contribution in [0, 0.1) is 11.3 Å². The maximum atomic E-state index is 9.53. The van der Waals surface area contributed by atoms with Crippen LogP contribution in [0.1, 0.15) is 5.56 Å². The molecule has 2 aromatic rings. The van der Waals surface area contributed by atoms with Gasteiger partial charge in [0.1, 0.15) is 32.5 Å². The molecule has 0 unspecified atom stereocenters. The third-order valence-corrected chi connectivity index (χ3v) is 3.97. The molecule has 0 bridgehead atoms. The van der Waals surface area contributed by atoms with E-state index in [4.69, 9.17) is 41.9 Å². The van der Waals surface area contributed by atoms with Crippen molar-refractivity contribution in [3.8, 4) is 40.2 Å². The average molecular weight is 415 g/mol. The molecule has 0 atom stereocenters. The Labute approximate surface area is 176 Å². The number of ether oxygens (including phenoxy) is 4. The summed E-state index contributed by atoms with van der Waals surface area (Å²) in [7, 11) is 0. The second kappa shape index (κ2) is 12.5. The number of hydrogen-bond donors (Lipinski definition) is 4.